The zero-order valence-corrected chi connectivity index (χ0v) is 13.1. The van der Waals surface area contributed by atoms with Crippen molar-refractivity contribution in [2.45, 2.75) is 70.8 Å². The Morgan fingerprint density at radius 3 is 2.90 bits per heavy atom. The summed E-state index contributed by atoms with van der Waals surface area (Å²) >= 11 is 0. The molecule has 0 N–H and O–H groups in total. The van der Waals surface area contributed by atoms with Crippen LogP contribution in [0, 0.1) is 5.92 Å². The third kappa shape index (κ3) is 4.59. The topological polar surface area (TPSA) is 22.1 Å². The third-order valence-electron chi connectivity index (χ3n) is 4.63. The van der Waals surface area contributed by atoms with E-state index in [4.69, 9.17) is 4.74 Å². The van der Waals surface area contributed by atoms with Gasteiger partial charge in [0.05, 0.1) is 6.10 Å². The van der Waals surface area contributed by atoms with Crippen LogP contribution in [0.15, 0.2) is 24.4 Å². The fourth-order valence-electron chi connectivity index (χ4n) is 3.36. The normalized spacial score (nSPS) is 25.7. The fourth-order valence-corrected chi connectivity index (χ4v) is 3.36. The zero-order valence-electron chi connectivity index (χ0n) is 13.1. The summed E-state index contributed by atoms with van der Waals surface area (Å²) < 4.78 is 5.97. The molecule has 0 radical (unpaired) electrons. The highest BCUT2D eigenvalue weighted by molar-refractivity contribution is 5.09. The molecule has 0 aliphatic carbocycles. The van der Waals surface area contributed by atoms with Gasteiger partial charge in [0.2, 0.25) is 0 Å². The molecule has 1 aromatic heterocycles. The van der Waals surface area contributed by atoms with Crippen molar-refractivity contribution in [3.05, 3.63) is 30.1 Å². The maximum Gasteiger partial charge on any atom is 0.0575 e. The number of pyridine rings is 1. The Morgan fingerprint density at radius 2 is 2.20 bits per heavy atom. The van der Waals surface area contributed by atoms with Crippen molar-refractivity contribution in [2.24, 2.45) is 5.92 Å². The summed E-state index contributed by atoms with van der Waals surface area (Å²) in [5.74, 6) is 1.41. The van der Waals surface area contributed by atoms with Gasteiger partial charge in [-0.2, -0.15) is 0 Å². The molecule has 20 heavy (non-hydrogen) atoms. The van der Waals surface area contributed by atoms with Crippen LogP contribution in [0.1, 0.15) is 70.4 Å². The molecule has 0 saturated carbocycles. The van der Waals surface area contributed by atoms with E-state index >= 15 is 0 Å². The van der Waals surface area contributed by atoms with Gasteiger partial charge in [0.15, 0.2) is 0 Å². The van der Waals surface area contributed by atoms with Gasteiger partial charge in [0.1, 0.15) is 0 Å². The molecule has 1 aliphatic rings. The average molecular weight is 275 g/mol. The Morgan fingerprint density at radius 1 is 1.30 bits per heavy atom. The summed E-state index contributed by atoms with van der Waals surface area (Å²) in [4.78, 5) is 4.57. The van der Waals surface area contributed by atoms with Gasteiger partial charge in [-0.3, -0.25) is 4.98 Å². The van der Waals surface area contributed by atoms with Gasteiger partial charge in [-0.05, 0) is 50.2 Å². The Bertz CT molecular complexity index is 365. The van der Waals surface area contributed by atoms with E-state index in [0.717, 1.165) is 18.9 Å². The molecule has 2 nitrogen and oxygen atoms in total. The van der Waals surface area contributed by atoms with Crippen molar-refractivity contribution in [1.82, 2.24) is 4.98 Å². The largest absolute Gasteiger partial charge is 0.378 e. The lowest BCUT2D eigenvalue weighted by Gasteiger charge is -2.28. The van der Waals surface area contributed by atoms with Gasteiger partial charge in [0, 0.05) is 24.4 Å². The van der Waals surface area contributed by atoms with Crippen LogP contribution in [0.3, 0.4) is 0 Å². The zero-order chi connectivity index (χ0) is 14.2. The molecule has 3 atom stereocenters. The number of rotatable bonds is 5. The summed E-state index contributed by atoms with van der Waals surface area (Å²) in [5, 5.41) is 0. The van der Waals surface area contributed by atoms with Crippen LogP contribution >= 0.6 is 0 Å². The second-order valence-electron chi connectivity index (χ2n) is 6.09. The monoisotopic (exact) mass is 275 g/mol. The molecule has 0 amide bonds. The summed E-state index contributed by atoms with van der Waals surface area (Å²) in [6, 6.07) is 6.30. The first-order valence-corrected chi connectivity index (χ1v) is 8.36. The van der Waals surface area contributed by atoms with Crippen LogP contribution in [0.25, 0.3) is 0 Å². The van der Waals surface area contributed by atoms with Gasteiger partial charge < -0.3 is 4.74 Å². The molecule has 1 aliphatic heterocycles. The summed E-state index contributed by atoms with van der Waals surface area (Å²) in [5.41, 5.74) is 1.27. The summed E-state index contributed by atoms with van der Waals surface area (Å²) in [7, 11) is 0. The minimum absolute atomic E-state index is 0.474. The van der Waals surface area contributed by atoms with Crippen LogP contribution in [0.2, 0.25) is 0 Å². The fraction of sp³-hybridized carbons (Fsp3) is 0.722. The van der Waals surface area contributed by atoms with Gasteiger partial charge in [-0.1, -0.05) is 32.8 Å². The first-order valence-electron chi connectivity index (χ1n) is 8.36. The maximum absolute atomic E-state index is 5.97. The number of aromatic nitrogens is 1. The van der Waals surface area contributed by atoms with Crippen molar-refractivity contribution >= 4 is 0 Å². The van der Waals surface area contributed by atoms with E-state index in [1.165, 1.54) is 44.2 Å². The average Bonchev–Trinajstić information content (AvgIpc) is 2.47. The van der Waals surface area contributed by atoms with Crippen molar-refractivity contribution in [3.8, 4) is 0 Å². The van der Waals surface area contributed by atoms with Crippen molar-refractivity contribution in [2.75, 3.05) is 6.61 Å². The molecule has 2 rings (SSSR count). The SMILES string of the molecule is CCC1CC(CC(CC)c2ccccn2)CCCCO1. The lowest BCUT2D eigenvalue weighted by Crippen LogP contribution is -2.22. The molecule has 112 valence electrons. The first-order chi connectivity index (χ1) is 9.83. The van der Waals surface area contributed by atoms with E-state index in [-0.39, 0.29) is 0 Å². The second kappa shape index (κ2) is 8.41. The number of nitrogens with zero attached hydrogens (tertiary/aromatic N) is 1. The van der Waals surface area contributed by atoms with E-state index in [2.05, 4.69) is 31.0 Å². The Kier molecular flexibility index (Phi) is 6.52. The van der Waals surface area contributed by atoms with Gasteiger partial charge in [-0.15, -0.1) is 0 Å². The van der Waals surface area contributed by atoms with Crippen molar-refractivity contribution < 1.29 is 4.74 Å². The van der Waals surface area contributed by atoms with Crippen LogP contribution in [0.5, 0.6) is 0 Å². The molecule has 1 aromatic rings. The van der Waals surface area contributed by atoms with Gasteiger partial charge in [0.25, 0.3) is 0 Å². The van der Waals surface area contributed by atoms with Gasteiger partial charge in [-0.25, -0.2) is 0 Å². The molecule has 2 heteroatoms. The second-order valence-corrected chi connectivity index (χ2v) is 6.09. The van der Waals surface area contributed by atoms with E-state index in [0.29, 0.717) is 12.0 Å². The quantitative estimate of drug-likeness (QED) is 0.758. The molecule has 2 heterocycles. The Labute approximate surface area is 124 Å². The number of ether oxygens (including phenoxy) is 1. The third-order valence-corrected chi connectivity index (χ3v) is 4.63. The number of hydrogen-bond donors (Lipinski definition) is 0. The summed E-state index contributed by atoms with van der Waals surface area (Å²) in [6.07, 6.45) is 11.2. The van der Waals surface area contributed by atoms with Crippen LogP contribution in [0.4, 0.5) is 0 Å². The van der Waals surface area contributed by atoms with Crippen LogP contribution in [-0.4, -0.2) is 17.7 Å². The minimum Gasteiger partial charge on any atom is -0.378 e. The molecule has 0 spiro atoms. The Balaban J connectivity index is 1.97. The summed E-state index contributed by atoms with van der Waals surface area (Å²) in [6.45, 7) is 5.50. The molecule has 0 bridgehead atoms. The Hall–Kier alpha value is -0.890. The smallest absolute Gasteiger partial charge is 0.0575 e. The van der Waals surface area contributed by atoms with E-state index in [1.807, 2.05) is 12.3 Å². The molecule has 0 aromatic carbocycles. The maximum atomic E-state index is 5.97. The standard InChI is InChI=1S/C18H29NO/c1-3-16(18-10-5-7-11-19-18)13-15-9-6-8-12-20-17(4-2)14-15/h5,7,10-11,15-17H,3-4,6,8-9,12-14H2,1-2H3. The molecule has 1 saturated heterocycles. The molecular formula is C18H29NO. The lowest BCUT2D eigenvalue weighted by atomic mass is 9.83. The van der Waals surface area contributed by atoms with E-state index in [1.54, 1.807) is 0 Å². The lowest BCUT2D eigenvalue weighted by molar-refractivity contribution is 0.0173. The molecule has 1 fully saturated rings. The van der Waals surface area contributed by atoms with Gasteiger partial charge >= 0.3 is 0 Å². The predicted octanol–water partition coefficient (Wildman–Crippen LogP) is 4.95. The predicted molar refractivity (Wildman–Crippen MR) is 83.9 cm³/mol. The van der Waals surface area contributed by atoms with E-state index < -0.39 is 0 Å². The molecule has 3 unspecified atom stereocenters. The highest BCUT2D eigenvalue weighted by Crippen LogP contribution is 2.32. The highest BCUT2D eigenvalue weighted by atomic mass is 16.5. The van der Waals surface area contributed by atoms with E-state index in [9.17, 15) is 0 Å². The molecular weight excluding hydrogens is 246 g/mol. The first kappa shape index (κ1) is 15.5. The number of hydrogen-bond acceptors (Lipinski definition) is 2. The minimum atomic E-state index is 0.474. The van der Waals surface area contributed by atoms with Crippen LogP contribution < -0.4 is 0 Å². The highest BCUT2D eigenvalue weighted by Gasteiger charge is 2.22. The van der Waals surface area contributed by atoms with Crippen molar-refractivity contribution in [3.63, 3.8) is 0 Å². The van der Waals surface area contributed by atoms with Crippen molar-refractivity contribution in [1.29, 1.82) is 0 Å². The van der Waals surface area contributed by atoms with Crippen LogP contribution in [-0.2, 0) is 4.74 Å².